The first-order valence-electron chi connectivity index (χ1n) is 7.37. The molecule has 6 heteroatoms. The Hall–Kier alpha value is -1.69. The van der Waals surface area contributed by atoms with Crippen molar-refractivity contribution in [2.45, 2.75) is 32.6 Å². The number of nitrogens with zero attached hydrogens (tertiary/aromatic N) is 3. The minimum atomic E-state index is 0.148. The van der Waals surface area contributed by atoms with Gasteiger partial charge < -0.3 is 9.42 Å². The third-order valence-corrected chi connectivity index (χ3v) is 4.78. The van der Waals surface area contributed by atoms with Crippen LogP contribution >= 0.6 is 11.3 Å². The lowest BCUT2D eigenvalue weighted by Gasteiger charge is -2.39. The van der Waals surface area contributed by atoms with E-state index in [4.69, 9.17) is 4.52 Å². The smallest absolute Gasteiger partial charge is 0.233 e. The zero-order valence-electron chi connectivity index (χ0n) is 12.3. The van der Waals surface area contributed by atoms with Gasteiger partial charge in [-0.1, -0.05) is 19.0 Å². The van der Waals surface area contributed by atoms with Crippen LogP contribution in [0.5, 0.6) is 0 Å². The number of aromatic nitrogens is 2. The fraction of sp³-hybridized carbons (Fsp3) is 0.533. The lowest BCUT2D eigenvalue weighted by atomic mass is 9.94. The van der Waals surface area contributed by atoms with Gasteiger partial charge in [0.25, 0.3) is 0 Å². The van der Waals surface area contributed by atoms with Crippen LogP contribution in [-0.4, -0.2) is 34.0 Å². The van der Waals surface area contributed by atoms with Gasteiger partial charge in [-0.3, -0.25) is 4.79 Å². The summed E-state index contributed by atoms with van der Waals surface area (Å²) in [6.45, 7) is 5.52. The summed E-state index contributed by atoms with van der Waals surface area (Å²) in [5.74, 6) is 1.87. The zero-order chi connectivity index (χ0) is 14.8. The Morgan fingerprint density at radius 2 is 2.24 bits per heavy atom. The minimum Gasteiger partial charge on any atom is -0.341 e. The standard InChI is InChI=1S/C15H19N3O2S/c1-3-10(4-2)15(19)18-7-12(8-18)14-16-13(17-20-14)11-5-6-21-9-11/h5-6,9-10,12H,3-4,7-8H2,1-2H3. The first kappa shape index (κ1) is 14.3. The Bertz CT molecular complexity index is 598. The number of hydrogen-bond acceptors (Lipinski definition) is 5. The molecule has 0 radical (unpaired) electrons. The highest BCUT2D eigenvalue weighted by molar-refractivity contribution is 7.08. The zero-order valence-corrected chi connectivity index (χ0v) is 13.1. The largest absolute Gasteiger partial charge is 0.341 e. The predicted molar refractivity (Wildman–Crippen MR) is 81.0 cm³/mol. The van der Waals surface area contributed by atoms with E-state index < -0.39 is 0 Å². The van der Waals surface area contributed by atoms with E-state index in [1.54, 1.807) is 11.3 Å². The highest BCUT2D eigenvalue weighted by atomic mass is 32.1. The number of rotatable bonds is 5. The molecule has 1 aliphatic heterocycles. The van der Waals surface area contributed by atoms with Crippen molar-refractivity contribution in [3.8, 4) is 11.4 Å². The second kappa shape index (κ2) is 5.97. The molecule has 1 fully saturated rings. The van der Waals surface area contributed by atoms with Crippen LogP contribution in [0.25, 0.3) is 11.4 Å². The quantitative estimate of drug-likeness (QED) is 0.851. The van der Waals surface area contributed by atoms with Gasteiger partial charge in [0, 0.05) is 30.0 Å². The van der Waals surface area contributed by atoms with Crippen molar-refractivity contribution in [3.05, 3.63) is 22.7 Å². The molecule has 0 aromatic carbocycles. The van der Waals surface area contributed by atoms with Crippen molar-refractivity contribution < 1.29 is 9.32 Å². The Kier molecular flexibility index (Phi) is 4.05. The van der Waals surface area contributed by atoms with Crippen molar-refractivity contribution in [2.75, 3.05) is 13.1 Å². The van der Waals surface area contributed by atoms with Crippen LogP contribution in [0.1, 0.15) is 38.5 Å². The number of amides is 1. The molecule has 3 heterocycles. The van der Waals surface area contributed by atoms with Gasteiger partial charge in [-0.05, 0) is 24.3 Å². The number of carbonyl (C=O) groups excluding carboxylic acids is 1. The summed E-state index contributed by atoms with van der Waals surface area (Å²) in [6, 6.07) is 1.98. The fourth-order valence-corrected chi connectivity index (χ4v) is 3.26. The molecular formula is C15H19N3O2S. The van der Waals surface area contributed by atoms with Gasteiger partial charge in [0.2, 0.25) is 17.6 Å². The molecule has 0 atom stereocenters. The summed E-state index contributed by atoms with van der Waals surface area (Å²) in [4.78, 5) is 18.6. The van der Waals surface area contributed by atoms with E-state index in [2.05, 4.69) is 24.0 Å². The average molecular weight is 305 g/mol. The first-order chi connectivity index (χ1) is 10.2. The SMILES string of the molecule is CCC(CC)C(=O)N1CC(c2nc(-c3ccsc3)no2)C1. The van der Waals surface area contributed by atoms with Gasteiger partial charge in [0.1, 0.15) is 0 Å². The predicted octanol–water partition coefficient (Wildman–Crippen LogP) is 3.16. The lowest BCUT2D eigenvalue weighted by molar-refractivity contribution is -0.140. The maximum Gasteiger partial charge on any atom is 0.233 e. The Balaban J connectivity index is 1.60. The molecule has 0 N–H and O–H groups in total. The van der Waals surface area contributed by atoms with Gasteiger partial charge in [0.05, 0.1) is 5.92 Å². The third kappa shape index (κ3) is 2.72. The van der Waals surface area contributed by atoms with E-state index in [9.17, 15) is 4.79 Å². The van der Waals surface area contributed by atoms with Crippen molar-refractivity contribution >= 4 is 17.2 Å². The number of hydrogen-bond donors (Lipinski definition) is 0. The number of carbonyl (C=O) groups is 1. The molecule has 0 unspecified atom stereocenters. The molecule has 2 aromatic heterocycles. The van der Waals surface area contributed by atoms with Crippen LogP contribution in [0.15, 0.2) is 21.3 Å². The van der Waals surface area contributed by atoms with E-state index in [1.165, 1.54) is 0 Å². The van der Waals surface area contributed by atoms with Crippen LogP contribution in [0.2, 0.25) is 0 Å². The van der Waals surface area contributed by atoms with Gasteiger partial charge in [-0.15, -0.1) is 0 Å². The Labute approximate surface area is 128 Å². The van der Waals surface area contributed by atoms with Crippen molar-refractivity contribution in [3.63, 3.8) is 0 Å². The summed E-state index contributed by atoms with van der Waals surface area (Å²) in [5, 5.41) is 8.01. The molecule has 1 aliphatic rings. The van der Waals surface area contributed by atoms with Gasteiger partial charge in [-0.25, -0.2) is 0 Å². The summed E-state index contributed by atoms with van der Waals surface area (Å²) >= 11 is 1.61. The molecule has 0 aliphatic carbocycles. The third-order valence-electron chi connectivity index (χ3n) is 4.10. The molecule has 0 bridgehead atoms. The van der Waals surface area contributed by atoms with Crippen LogP contribution in [0, 0.1) is 5.92 Å². The summed E-state index contributed by atoms with van der Waals surface area (Å²) in [7, 11) is 0. The topological polar surface area (TPSA) is 59.2 Å². The molecule has 112 valence electrons. The van der Waals surface area contributed by atoms with E-state index in [-0.39, 0.29) is 17.7 Å². The van der Waals surface area contributed by atoms with E-state index >= 15 is 0 Å². The van der Waals surface area contributed by atoms with Crippen LogP contribution in [-0.2, 0) is 4.79 Å². The maximum absolute atomic E-state index is 12.2. The molecule has 21 heavy (non-hydrogen) atoms. The molecule has 2 aromatic rings. The van der Waals surface area contributed by atoms with E-state index in [0.29, 0.717) is 24.8 Å². The van der Waals surface area contributed by atoms with E-state index in [0.717, 1.165) is 18.4 Å². The van der Waals surface area contributed by atoms with Gasteiger partial charge in [0.15, 0.2) is 0 Å². The van der Waals surface area contributed by atoms with E-state index in [1.807, 2.05) is 21.7 Å². The number of thiophene rings is 1. The van der Waals surface area contributed by atoms with Gasteiger partial charge in [-0.2, -0.15) is 16.3 Å². The monoisotopic (exact) mass is 305 g/mol. The lowest BCUT2D eigenvalue weighted by Crippen LogP contribution is -2.50. The summed E-state index contributed by atoms with van der Waals surface area (Å²) in [5.41, 5.74) is 0.985. The maximum atomic E-state index is 12.2. The molecular weight excluding hydrogens is 286 g/mol. The number of likely N-dealkylation sites (tertiary alicyclic amines) is 1. The summed E-state index contributed by atoms with van der Waals surface area (Å²) in [6.07, 6.45) is 1.80. The van der Waals surface area contributed by atoms with Gasteiger partial charge >= 0.3 is 0 Å². The molecule has 0 spiro atoms. The molecule has 1 saturated heterocycles. The Morgan fingerprint density at radius 3 is 2.86 bits per heavy atom. The van der Waals surface area contributed by atoms with Crippen molar-refractivity contribution in [2.24, 2.45) is 5.92 Å². The van der Waals surface area contributed by atoms with Crippen molar-refractivity contribution in [1.29, 1.82) is 0 Å². The molecule has 3 rings (SSSR count). The average Bonchev–Trinajstić information content (AvgIpc) is 3.09. The highest BCUT2D eigenvalue weighted by Gasteiger charge is 2.37. The minimum absolute atomic E-state index is 0.148. The van der Waals surface area contributed by atoms with Crippen LogP contribution < -0.4 is 0 Å². The Morgan fingerprint density at radius 1 is 1.48 bits per heavy atom. The second-order valence-electron chi connectivity index (χ2n) is 5.42. The van der Waals surface area contributed by atoms with Crippen molar-refractivity contribution in [1.82, 2.24) is 15.0 Å². The van der Waals surface area contributed by atoms with Crippen LogP contribution in [0.3, 0.4) is 0 Å². The summed E-state index contributed by atoms with van der Waals surface area (Å²) < 4.78 is 5.34. The first-order valence-corrected chi connectivity index (χ1v) is 8.32. The fourth-order valence-electron chi connectivity index (χ4n) is 2.62. The highest BCUT2D eigenvalue weighted by Crippen LogP contribution is 2.30. The molecule has 5 nitrogen and oxygen atoms in total. The molecule has 1 amide bonds. The van der Waals surface area contributed by atoms with Crippen LogP contribution in [0.4, 0.5) is 0 Å². The molecule has 0 saturated carbocycles. The normalized spacial score (nSPS) is 15.5. The second-order valence-corrected chi connectivity index (χ2v) is 6.20.